The van der Waals surface area contributed by atoms with Gasteiger partial charge in [-0.1, -0.05) is 19.1 Å². The number of hydrogen-bond donors (Lipinski definition) is 0. The topological polar surface area (TPSA) is 3.24 Å². The van der Waals surface area contributed by atoms with Crippen LogP contribution < -0.4 is 0 Å². The van der Waals surface area contributed by atoms with Gasteiger partial charge in [0.2, 0.25) is 0 Å². The minimum atomic E-state index is -0.133. The molecule has 0 radical (unpaired) electrons. The summed E-state index contributed by atoms with van der Waals surface area (Å²) in [5.41, 5.74) is 1.28. The third kappa shape index (κ3) is 4.58. The highest BCUT2D eigenvalue weighted by atomic mass is 35.5. The van der Waals surface area contributed by atoms with E-state index < -0.39 is 0 Å². The van der Waals surface area contributed by atoms with Crippen LogP contribution >= 0.6 is 12.4 Å². The van der Waals surface area contributed by atoms with E-state index in [1.807, 2.05) is 12.1 Å². The number of nitrogens with zero attached hydrogens (tertiary/aromatic N) is 1. The van der Waals surface area contributed by atoms with E-state index in [0.29, 0.717) is 0 Å². The first-order valence-corrected chi connectivity index (χ1v) is 6.74. The molecule has 1 aliphatic heterocycles. The van der Waals surface area contributed by atoms with Gasteiger partial charge in [0.25, 0.3) is 0 Å². The summed E-state index contributed by atoms with van der Waals surface area (Å²) in [5.74, 6) is 0.653. The van der Waals surface area contributed by atoms with Gasteiger partial charge in [-0.15, -0.1) is 12.4 Å². The molecule has 0 aromatic heterocycles. The molecule has 18 heavy (non-hydrogen) atoms. The SMILES string of the molecule is CCCN1CCC(Cc2ccc(F)cc2)CC1.Cl. The van der Waals surface area contributed by atoms with Crippen LogP contribution in [0.3, 0.4) is 0 Å². The average molecular weight is 272 g/mol. The fourth-order valence-electron chi connectivity index (χ4n) is 2.68. The number of likely N-dealkylation sites (tertiary alicyclic amines) is 1. The molecule has 1 heterocycles. The zero-order valence-corrected chi connectivity index (χ0v) is 11.9. The Morgan fingerprint density at radius 2 is 1.78 bits per heavy atom. The Balaban J connectivity index is 0.00000162. The van der Waals surface area contributed by atoms with Gasteiger partial charge in [-0.3, -0.25) is 0 Å². The number of piperidine rings is 1. The average Bonchev–Trinajstić information content (AvgIpc) is 2.35. The summed E-state index contributed by atoms with van der Waals surface area (Å²) in [6.45, 7) is 5.95. The summed E-state index contributed by atoms with van der Waals surface area (Å²) in [5, 5.41) is 0. The number of hydrogen-bond acceptors (Lipinski definition) is 1. The first-order valence-electron chi connectivity index (χ1n) is 6.74. The van der Waals surface area contributed by atoms with E-state index in [1.165, 1.54) is 44.5 Å². The van der Waals surface area contributed by atoms with Crippen molar-refractivity contribution in [3.05, 3.63) is 35.6 Å². The molecular formula is C15H23ClFN. The minimum Gasteiger partial charge on any atom is -0.303 e. The standard InChI is InChI=1S/C15H22FN.ClH/c1-2-9-17-10-7-14(8-11-17)12-13-3-5-15(16)6-4-13;/h3-6,14H,2,7-12H2,1H3;1H. The zero-order chi connectivity index (χ0) is 12.1. The molecule has 1 saturated heterocycles. The van der Waals surface area contributed by atoms with Crippen molar-refractivity contribution in [3.8, 4) is 0 Å². The van der Waals surface area contributed by atoms with Gasteiger partial charge in [0.1, 0.15) is 5.82 Å². The molecule has 2 rings (SSSR count). The first kappa shape index (κ1) is 15.5. The van der Waals surface area contributed by atoms with Crippen molar-refractivity contribution in [2.45, 2.75) is 32.6 Å². The van der Waals surface area contributed by atoms with E-state index >= 15 is 0 Å². The molecular weight excluding hydrogens is 249 g/mol. The summed E-state index contributed by atoms with van der Waals surface area (Å²) < 4.78 is 12.8. The quantitative estimate of drug-likeness (QED) is 0.803. The highest BCUT2D eigenvalue weighted by Crippen LogP contribution is 2.21. The molecule has 1 aliphatic rings. The fourth-order valence-corrected chi connectivity index (χ4v) is 2.68. The summed E-state index contributed by atoms with van der Waals surface area (Å²) in [6, 6.07) is 6.99. The Bertz CT molecular complexity index is 331. The highest BCUT2D eigenvalue weighted by molar-refractivity contribution is 5.85. The van der Waals surface area contributed by atoms with Crippen molar-refractivity contribution in [2.75, 3.05) is 19.6 Å². The second-order valence-corrected chi connectivity index (χ2v) is 5.12. The smallest absolute Gasteiger partial charge is 0.123 e. The van der Waals surface area contributed by atoms with E-state index in [9.17, 15) is 4.39 Å². The van der Waals surface area contributed by atoms with Crippen LogP contribution in [0.15, 0.2) is 24.3 Å². The van der Waals surface area contributed by atoms with Gasteiger partial charge in [0.15, 0.2) is 0 Å². The number of benzene rings is 1. The lowest BCUT2D eigenvalue weighted by molar-refractivity contribution is 0.184. The Morgan fingerprint density at radius 1 is 1.17 bits per heavy atom. The van der Waals surface area contributed by atoms with Gasteiger partial charge < -0.3 is 4.90 Å². The molecule has 1 fully saturated rings. The van der Waals surface area contributed by atoms with E-state index in [4.69, 9.17) is 0 Å². The molecule has 1 aromatic carbocycles. The summed E-state index contributed by atoms with van der Waals surface area (Å²) in [6.07, 6.45) is 4.94. The molecule has 0 saturated carbocycles. The Hall–Kier alpha value is -0.600. The van der Waals surface area contributed by atoms with Crippen molar-refractivity contribution in [1.29, 1.82) is 0 Å². The van der Waals surface area contributed by atoms with Crippen molar-refractivity contribution in [2.24, 2.45) is 5.92 Å². The molecule has 0 bridgehead atoms. The monoisotopic (exact) mass is 271 g/mol. The predicted molar refractivity (Wildman–Crippen MR) is 76.8 cm³/mol. The lowest BCUT2D eigenvalue weighted by Crippen LogP contribution is -2.34. The molecule has 3 heteroatoms. The van der Waals surface area contributed by atoms with Crippen LogP contribution in [0.25, 0.3) is 0 Å². The Morgan fingerprint density at radius 3 is 2.33 bits per heavy atom. The van der Waals surface area contributed by atoms with E-state index in [0.717, 1.165) is 12.3 Å². The van der Waals surface area contributed by atoms with Crippen LogP contribution in [-0.4, -0.2) is 24.5 Å². The molecule has 0 atom stereocenters. The van der Waals surface area contributed by atoms with Crippen LogP contribution in [0.5, 0.6) is 0 Å². The molecule has 102 valence electrons. The maximum atomic E-state index is 12.8. The van der Waals surface area contributed by atoms with Crippen molar-refractivity contribution < 1.29 is 4.39 Å². The maximum absolute atomic E-state index is 12.8. The van der Waals surface area contributed by atoms with E-state index in [-0.39, 0.29) is 18.2 Å². The van der Waals surface area contributed by atoms with Crippen LogP contribution in [0, 0.1) is 11.7 Å². The van der Waals surface area contributed by atoms with Gasteiger partial charge >= 0.3 is 0 Å². The van der Waals surface area contributed by atoms with Crippen molar-refractivity contribution >= 4 is 12.4 Å². The largest absolute Gasteiger partial charge is 0.303 e. The molecule has 0 N–H and O–H groups in total. The van der Waals surface area contributed by atoms with Gasteiger partial charge in [-0.2, -0.15) is 0 Å². The van der Waals surface area contributed by atoms with Crippen molar-refractivity contribution in [3.63, 3.8) is 0 Å². The Kier molecular flexibility index (Phi) is 6.66. The molecule has 1 aromatic rings. The third-order valence-corrected chi connectivity index (χ3v) is 3.68. The second kappa shape index (κ2) is 7.75. The molecule has 0 unspecified atom stereocenters. The minimum absolute atomic E-state index is 0. The maximum Gasteiger partial charge on any atom is 0.123 e. The second-order valence-electron chi connectivity index (χ2n) is 5.12. The van der Waals surface area contributed by atoms with E-state index in [1.54, 1.807) is 12.1 Å². The van der Waals surface area contributed by atoms with Gasteiger partial charge in [0, 0.05) is 0 Å². The van der Waals surface area contributed by atoms with Crippen molar-refractivity contribution in [1.82, 2.24) is 4.90 Å². The first-order chi connectivity index (χ1) is 8.28. The summed E-state index contributed by atoms with van der Waals surface area (Å²) >= 11 is 0. The molecule has 0 spiro atoms. The van der Waals surface area contributed by atoms with Crippen LogP contribution in [-0.2, 0) is 6.42 Å². The lowest BCUT2D eigenvalue weighted by atomic mass is 9.90. The van der Waals surface area contributed by atoms with Gasteiger partial charge in [-0.05, 0) is 68.9 Å². The van der Waals surface area contributed by atoms with Gasteiger partial charge in [-0.25, -0.2) is 4.39 Å². The van der Waals surface area contributed by atoms with E-state index in [2.05, 4.69) is 11.8 Å². The van der Waals surface area contributed by atoms with Crippen LogP contribution in [0.2, 0.25) is 0 Å². The molecule has 0 amide bonds. The summed E-state index contributed by atoms with van der Waals surface area (Å²) in [4.78, 5) is 2.56. The number of halogens is 2. The fraction of sp³-hybridized carbons (Fsp3) is 0.600. The highest BCUT2D eigenvalue weighted by Gasteiger charge is 2.18. The normalized spacial score (nSPS) is 17.4. The lowest BCUT2D eigenvalue weighted by Gasteiger charge is -2.31. The summed E-state index contributed by atoms with van der Waals surface area (Å²) in [7, 11) is 0. The number of rotatable bonds is 4. The van der Waals surface area contributed by atoms with Crippen LogP contribution in [0.1, 0.15) is 31.7 Å². The third-order valence-electron chi connectivity index (χ3n) is 3.68. The molecule has 0 aliphatic carbocycles. The molecule has 1 nitrogen and oxygen atoms in total. The van der Waals surface area contributed by atoms with Gasteiger partial charge in [0.05, 0.1) is 0 Å². The zero-order valence-electron chi connectivity index (χ0n) is 11.1. The Labute approximate surface area is 116 Å². The predicted octanol–water partition coefficient (Wildman–Crippen LogP) is 3.91. The van der Waals surface area contributed by atoms with Crippen LogP contribution in [0.4, 0.5) is 4.39 Å².